The van der Waals surface area contributed by atoms with E-state index in [9.17, 15) is 5.11 Å². The van der Waals surface area contributed by atoms with Crippen molar-refractivity contribution in [3.05, 3.63) is 48.0 Å². The average Bonchev–Trinajstić information content (AvgIpc) is 2.19. The zero-order valence-corrected chi connectivity index (χ0v) is 7.98. The Morgan fingerprint density at radius 1 is 1.23 bits per heavy atom. The van der Waals surface area contributed by atoms with Crippen molar-refractivity contribution in [3.8, 4) is 0 Å². The minimum Gasteiger partial charge on any atom is -0.388 e. The molecule has 0 bridgehead atoms. The zero-order chi connectivity index (χ0) is 9.52. The lowest BCUT2D eigenvalue weighted by molar-refractivity contribution is 0.181. The summed E-state index contributed by atoms with van der Waals surface area (Å²) in [6.45, 7) is 2.09. The number of hydrogen-bond donors (Lipinski definition) is 1. The van der Waals surface area contributed by atoms with E-state index in [-0.39, 0.29) is 6.10 Å². The van der Waals surface area contributed by atoms with Gasteiger partial charge < -0.3 is 5.11 Å². The molecule has 1 nitrogen and oxygen atoms in total. The van der Waals surface area contributed by atoms with E-state index < -0.39 is 0 Å². The number of hydrogen-bond acceptors (Lipinski definition) is 1. The normalized spacial score (nSPS) is 13.4. The van der Waals surface area contributed by atoms with Crippen LogP contribution in [0.4, 0.5) is 0 Å². The van der Waals surface area contributed by atoms with Crippen LogP contribution in [0.15, 0.2) is 42.5 Å². The summed E-state index contributed by atoms with van der Waals surface area (Å²) in [5.41, 5.74) is 0.989. The van der Waals surface area contributed by atoms with Gasteiger partial charge in [0.05, 0.1) is 6.10 Å². The van der Waals surface area contributed by atoms with Gasteiger partial charge in [-0.1, -0.05) is 49.4 Å². The fourth-order valence-corrected chi connectivity index (χ4v) is 1.20. The van der Waals surface area contributed by atoms with Crippen molar-refractivity contribution in [1.82, 2.24) is 0 Å². The van der Waals surface area contributed by atoms with Crippen molar-refractivity contribution in [2.24, 2.45) is 0 Å². The third-order valence-corrected chi connectivity index (χ3v) is 1.95. The highest BCUT2D eigenvalue weighted by molar-refractivity contribution is 5.17. The Balaban J connectivity index is 2.49. The van der Waals surface area contributed by atoms with Crippen LogP contribution in [0.2, 0.25) is 0 Å². The molecular weight excluding hydrogens is 160 g/mol. The Labute approximate surface area is 79.7 Å². The number of benzene rings is 1. The van der Waals surface area contributed by atoms with E-state index in [0.717, 1.165) is 12.0 Å². The highest BCUT2D eigenvalue weighted by Crippen LogP contribution is 2.15. The first-order chi connectivity index (χ1) is 6.34. The molecule has 0 saturated carbocycles. The number of allylic oxidation sites excluding steroid dienone is 1. The molecule has 0 aromatic heterocycles. The van der Waals surface area contributed by atoms with E-state index in [2.05, 4.69) is 13.0 Å². The highest BCUT2D eigenvalue weighted by Gasteiger charge is 2.02. The maximum atomic E-state index is 9.70. The van der Waals surface area contributed by atoms with Gasteiger partial charge in [-0.2, -0.15) is 0 Å². The van der Waals surface area contributed by atoms with Gasteiger partial charge in [-0.25, -0.2) is 0 Å². The molecule has 70 valence electrons. The Bertz CT molecular complexity index is 251. The Kier molecular flexibility index (Phi) is 4.27. The molecule has 0 spiro atoms. The predicted molar refractivity (Wildman–Crippen MR) is 55.4 cm³/mol. The fraction of sp³-hybridized carbons (Fsp3) is 0.333. The summed E-state index contributed by atoms with van der Waals surface area (Å²) in [7, 11) is 0. The van der Waals surface area contributed by atoms with Crippen molar-refractivity contribution in [2.45, 2.75) is 25.9 Å². The number of rotatable bonds is 4. The summed E-state index contributed by atoms with van der Waals surface area (Å²) in [5, 5.41) is 9.70. The predicted octanol–water partition coefficient (Wildman–Crippen LogP) is 3.08. The molecule has 0 aliphatic rings. The molecule has 0 saturated heterocycles. The van der Waals surface area contributed by atoms with Crippen molar-refractivity contribution in [1.29, 1.82) is 0 Å². The van der Waals surface area contributed by atoms with Crippen LogP contribution in [0.3, 0.4) is 0 Å². The number of aliphatic hydroxyl groups excluding tert-OH is 1. The van der Waals surface area contributed by atoms with Gasteiger partial charge in [0.25, 0.3) is 0 Å². The van der Waals surface area contributed by atoms with Crippen LogP contribution in [0.1, 0.15) is 31.4 Å². The molecule has 1 rings (SSSR count). The van der Waals surface area contributed by atoms with Gasteiger partial charge in [0, 0.05) is 0 Å². The largest absolute Gasteiger partial charge is 0.388 e. The molecule has 0 radical (unpaired) electrons. The number of aliphatic hydroxyl groups is 1. The third-order valence-electron chi connectivity index (χ3n) is 1.95. The monoisotopic (exact) mass is 176 g/mol. The molecule has 0 unspecified atom stereocenters. The van der Waals surface area contributed by atoms with Crippen LogP contribution in [0.25, 0.3) is 0 Å². The maximum absolute atomic E-state index is 9.70. The lowest BCUT2D eigenvalue weighted by Gasteiger charge is -2.07. The van der Waals surface area contributed by atoms with Gasteiger partial charge in [0.2, 0.25) is 0 Å². The second-order valence-corrected chi connectivity index (χ2v) is 3.04. The average molecular weight is 176 g/mol. The quantitative estimate of drug-likeness (QED) is 0.699. The molecule has 0 fully saturated rings. The Hall–Kier alpha value is -1.08. The lowest BCUT2D eigenvalue weighted by Crippen LogP contribution is -1.94. The van der Waals surface area contributed by atoms with Crippen LogP contribution >= 0.6 is 0 Å². The third kappa shape index (κ3) is 3.43. The molecule has 1 aromatic carbocycles. The van der Waals surface area contributed by atoms with Crippen LogP contribution in [-0.2, 0) is 0 Å². The van der Waals surface area contributed by atoms with E-state index >= 15 is 0 Å². The topological polar surface area (TPSA) is 20.2 Å². The van der Waals surface area contributed by atoms with E-state index in [1.165, 1.54) is 0 Å². The van der Waals surface area contributed by atoms with E-state index in [0.29, 0.717) is 6.42 Å². The molecule has 1 heteroatoms. The van der Waals surface area contributed by atoms with Gasteiger partial charge in [-0.3, -0.25) is 0 Å². The molecule has 0 heterocycles. The van der Waals surface area contributed by atoms with Crippen LogP contribution in [0, 0.1) is 0 Å². The second kappa shape index (κ2) is 5.55. The van der Waals surface area contributed by atoms with Crippen LogP contribution in [-0.4, -0.2) is 5.11 Å². The second-order valence-electron chi connectivity index (χ2n) is 3.04. The first-order valence-corrected chi connectivity index (χ1v) is 4.72. The molecule has 0 aliphatic heterocycles. The molecular formula is C12H16O. The summed E-state index contributed by atoms with van der Waals surface area (Å²) in [6.07, 6.45) is 5.48. The van der Waals surface area contributed by atoms with E-state index in [4.69, 9.17) is 0 Å². The van der Waals surface area contributed by atoms with Crippen LogP contribution in [0.5, 0.6) is 0 Å². The molecule has 13 heavy (non-hydrogen) atoms. The zero-order valence-electron chi connectivity index (χ0n) is 7.98. The van der Waals surface area contributed by atoms with Crippen molar-refractivity contribution in [3.63, 3.8) is 0 Å². The van der Waals surface area contributed by atoms with E-state index in [1.807, 2.05) is 36.4 Å². The van der Waals surface area contributed by atoms with Gasteiger partial charge in [0.1, 0.15) is 0 Å². The van der Waals surface area contributed by atoms with Gasteiger partial charge in [0.15, 0.2) is 0 Å². The first-order valence-electron chi connectivity index (χ1n) is 4.72. The maximum Gasteiger partial charge on any atom is 0.0824 e. The molecule has 1 N–H and O–H groups in total. The molecule has 0 amide bonds. The highest BCUT2D eigenvalue weighted by atomic mass is 16.3. The summed E-state index contributed by atoms with van der Waals surface area (Å²) < 4.78 is 0. The van der Waals surface area contributed by atoms with Gasteiger partial charge in [-0.15, -0.1) is 0 Å². The van der Waals surface area contributed by atoms with Gasteiger partial charge >= 0.3 is 0 Å². The van der Waals surface area contributed by atoms with E-state index in [1.54, 1.807) is 0 Å². The lowest BCUT2D eigenvalue weighted by atomic mass is 10.1. The summed E-state index contributed by atoms with van der Waals surface area (Å²) in [6, 6.07) is 9.75. The molecule has 1 aromatic rings. The van der Waals surface area contributed by atoms with Crippen molar-refractivity contribution >= 4 is 0 Å². The summed E-state index contributed by atoms with van der Waals surface area (Å²) in [4.78, 5) is 0. The SMILES string of the molecule is CC/C=C/C[C@@H](O)c1ccccc1. The van der Waals surface area contributed by atoms with Crippen molar-refractivity contribution in [2.75, 3.05) is 0 Å². The molecule has 0 aliphatic carbocycles. The minimum absolute atomic E-state index is 0.357. The Morgan fingerprint density at radius 3 is 2.54 bits per heavy atom. The van der Waals surface area contributed by atoms with Crippen molar-refractivity contribution < 1.29 is 5.11 Å². The first kappa shape index (κ1) is 10.0. The Morgan fingerprint density at radius 2 is 1.92 bits per heavy atom. The summed E-state index contributed by atoms with van der Waals surface area (Å²) >= 11 is 0. The van der Waals surface area contributed by atoms with Crippen LogP contribution < -0.4 is 0 Å². The van der Waals surface area contributed by atoms with Gasteiger partial charge in [-0.05, 0) is 18.4 Å². The molecule has 1 atom stereocenters. The standard InChI is InChI=1S/C12H16O/c1-2-3-5-10-12(13)11-8-6-4-7-9-11/h3-9,12-13H,2,10H2,1H3/b5-3+/t12-/m1/s1. The summed E-state index contributed by atoms with van der Waals surface area (Å²) in [5.74, 6) is 0. The fourth-order valence-electron chi connectivity index (χ4n) is 1.20. The smallest absolute Gasteiger partial charge is 0.0824 e. The minimum atomic E-state index is -0.357.